The van der Waals surface area contributed by atoms with Crippen LogP contribution >= 0.6 is 22.9 Å². The van der Waals surface area contributed by atoms with Crippen molar-refractivity contribution in [2.45, 2.75) is 18.6 Å². The number of halogens is 2. The lowest BCUT2D eigenvalue weighted by atomic mass is 9.95. The number of esters is 1. The van der Waals surface area contributed by atoms with Gasteiger partial charge in [0.1, 0.15) is 11.9 Å². The molecule has 0 saturated carbocycles. The van der Waals surface area contributed by atoms with Crippen molar-refractivity contribution in [2.24, 2.45) is 4.99 Å². The lowest BCUT2D eigenvalue weighted by molar-refractivity contribution is -0.136. The smallest absolute Gasteiger partial charge is 0.338 e. The van der Waals surface area contributed by atoms with Crippen LogP contribution in [0, 0.1) is 5.82 Å². The maximum Gasteiger partial charge on any atom is 0.338 e. The summed E-state index contributed by atoms with van der Waals surface area (Å²) in [5.41, 5.74) is 4.40. The Labute approximate surface area is 296 Å². The van der Waals surface area contributed by atoms with E-state index in [1.54, 1.807) is 30.5 Å². The molecule has 50 heavy (non-hydrogen) atoms. The lowest BCUT2D eigenvalue weighted by Gasteiger charge is -2.38. The fourth-order valence-electron chi connectivity index (χ4n) is 6.64. The summed E-state index contributed by atoms with van der Waals surface area (Å²) in [5, 5.41) is 15.1. The van der Waals surface area contributed by atoms with E-state index in [1.807, 2.05) is 39.4 Å². The first kappa shape index (κ1) is 33.4. The van der Waals surface area contributed by atoms with Crippen LogP contribution in [0.4, 0.5) is 9.18 Å². The highest BCUT2D eigenvalue weighted by Gasteiger charge is 2.41. The van der Waals surface area contributed by atoms with Crippen LogP contribution in [0.1, 0.15) is 32.5 Å². The minimum absolute atomic E-state index is 0.0163. The van der Waals surface area contributed by atoms with Gasteiger partial charge >= 0.3 is 18.0 Å². The number of amidine groups is 1. The van der Waals surface area contributed by atoms with Gasteiger partial charge in [-0.3, -0.25) is 9.89 Å². The van der Waals surface area contributed by atoms with Crippen LogP contribution in [0.2, 0.25) is 5.02 Å². The third kappa shape index (κ3) is 6.71. The first-order valence-corrected chi connectivity index (χ1v) is 17.2. The van der Waals surface area contributed by atoms with E-state index < -0.39 is 23.8 Å². The van der Waals surface area contributed by atoms with Crippen molar-refractivity contribution in [1.29, 1.82) is 0 Å². The van der Waals surface area contributed by atoms with Gasteiger partial charge in [0.25, 0.3) is 0 Å². The molecule has 3 aromatic carbocycles. The monoisotopic (exact) mass is 714 g/mol. The van der Waals surface area contributed by atoms with E-state index in [0.29, 0.717) is 61.4 Å². The first-order chi connectivity index (χ1) is 24.2. The van der Waals surface area contributed by atoms with Gasteiger partial charge in [0.15, 0.2) is 10.8 Å². The van der Waals surface area contributed by atoms with Crippen molar-refractivity contribution in [2.75, 3.05) is 39.8 Å². The van der Waals surface area contributed by atoms with E-state index in [4.69, 9.17) is 21.3 Å². The number of nitrogens with zero attached hydrogens (tertiary/aromatic N) is 5. The summed E-state index contributed by atoms with van der Waals surface area (Å²) in [7, 11) is 1.31. The molecule has 0 aliphatic carbocycles. The molecule has 4 aromatic rings. The average Bonchev–Trinajstić information content (AvgIpc) is 3.76. The zero-order chi connectivity index (χ0) is 34.9. The molecular weight excluding hydrogens is 683 g/mol. The predicted molar refractivity (Wildman–Crippen MR) is 187 cm³/mol. The molecule has 0 bridgehead atoms. The minimum Gasteiger partial charge on any atom is -0.478 e. The maximum atomic E-state index is 14.0. The van der Waals surface area contributed by atoms with E-state index in [0.717, 1.165) is 16.7 Å². The Hall–Kier alpha value is -5.11. The summed E-state index contributed by atoms with van der Waals surface area (Å²) in [6, 6.07) is 17.7. The molecule has 11 nitrogen and oxygen atoms in total. The topological polar surface area (TPSA) is 128 Å². The SMILES string of the molecule is COC(=O)C1=C(CN2CCN3C(=O)N(Cc4ccc(-c5ccc(C(=O)O)cc5)cc4)C[C@@H]3C2)NC(c2nccs2)=N[C@H]1c1ccc(F)cc1Cl. The molecule has 0 spiro atoms. The van der Waals surface area contributed by atoms with Gasteiger partial charge in [-0.15, -0.1) is 11.3 Å². The number of urea groups is 1. The molecule has 2 amide bonds. The summed E-state index contributed by atoms with van der Waals surface area (Å²) < 4.78 is 19.2. The molecule has 0 unspecified atom stereocenters. The summed E-state index contributed by atoms with van der Waals surface area (Å²) >= 11 is 7.89. The number of carboxylic acid groups (broad SMARTS) is 1. The number of carbonyl (C=O) groups is 3. The number of methoxy groups -OCH3 is 1. The maximum absolute atomic E-state index is 14.0. The normalized spacial score (nSPS) is 19.3. The van der Waals surface area contributed by atoms with Crippen LogP contribution in [0.25, 0.3) is 11.1 Å². The predicted octanol–water partition coefficient (Wildman–Crippen LogP) is 5.44. The van der Waals surface area contributed by atoms with Gasteiger partial charge in [-0.05, 0) is 41.0 Å². The molecule has 2 fully saturated rings. The molecule has 2 N–H and O–H groups in total. The number of carboxylic acids is 1. The minimum atomic E-state index is -0.966. The zero-order valence-corrected chi connectivity index (χ0v) is 28.5. The fraction of sp³-hybridized carbons (Fsp3) is 0.250. The average molecular weight is 715 g/mol. The van der Waals surface area contributed by atoms with Gasteiger partial charge in [-0.1, -0.05) is 54.1 Å². The van der Waals surface area contributed by atoms with Gasteiger partial charge in [0.2, 0.25) is 0 Å². The fourth-order valence-corrected chi connectivity index (χ4v) is 7.50. The van der Waals surface area contributed by atoms with Gasteiger partial charge in [0.05, 0.1) is 24.3 Å². The Balaban J connectivity index is 1.07. The van der Waals surface area contributed by atoms with Crippen LogP contribution in [0.15, 0.2) is 94.6 Å². The number of hydrogen-bond acceptors (Lipinski definition) is 9. The highest BCUT2D eigenvalue weighted by molar-refractivity contribution is 7.11. The number of carbonyl (C=O) groups excluding carboxylic acids is 2. The molecule has 7 rings (SSSR count). The number of fused-ring (bicyclic) bond motifs is 1. The number of aliphatic imine (C=N–C) groups is 1. The summed E-state index contributed by atoms with van der Waals surface area (Å²) in [6.07, 6.45) is 1.67. The zero-order valence-electron chi connectivity index (χ0n) is 26.9. The van der Waals surface area contributed by atoms with Gasteiger partial charge < -0.3 is 25.0 Å². The molecule has 2 atom stereocenters. The number of piperazine rings is 1. The summed E-state index contributed by atoms with van der Waals surface area (Å²) in [5.74, 6) is -1.58. The van der Waals surface area contributed by atoms with Crippen LogP contribution < -0.4 is 5.32 Å². The Morgan fingerprint density at radius 1 is 1.04 bits per heavy atom. The molecule has 3 aliphatic rings. The number of nitrogens with one attached hydrogen (secondary N) is 1. The Morgan fingerprint density at radius 2 is 1.78 bits per heavy atom. The number of thiazole rings is 1. The van der Waals surface area contributed by atoms with Crippen LogP contribution in [-0.4, -0.2) is 94.5 Å². The highest BCUT2D eigenvalue weighted by atomic mass is 35.5. The molecule has 14 heteroatoms. The molecule has 3 aliphatic heterocycles. The molecule has 2 saturated heterocycles. The van der Waals surface area contributed by atoms with Crippen molar-refractivity contribution in [3.63, 3.8) is 0 Å². The van der Waals surface area contributed by atoms with Crippen molar-refractivity contribution in [1.82, 2.24) is 25.0 Å². The summed E-state index contributed by atoms with van der Waals surface area (Å²) in [6.45, 7) is 3.03. The van der Waals surface area contributed by atoms with Crippen molar-refractivity contribution in [3.8, 4) is 11.1 Å². The van der Waals surface area contributed by atoms with Crippen molar-refractivity contribution >= 4 is 46.7 Å². The summed E-state index contributed by atoms with van der Waals surface area (Å²) in [4.78, 5) is 53.2. The van der Waals surface area contributed by atoms with E-state index in [2.05, 4.69) is 15.2 Å². The molecule has 256 valence electrons. The number of rotatable bonds is 9. The Morgan fingerprint density at radius 3 is 2.44 bits per heavy atom. The third-order valence-corrected chi connectivity index (χ3v) is 10.2. The van der Waals surface area contributed by atoms with Crippen LogP contribution in [-0.2, 0) is 16.1 Å². The van der Waals surface area contributed by atoms with Gasteiger partial charge in [-0.25, -0.2) is 23.8 Å². The number of benzene rings is 3. The second-order valence-corrected chi connectivity index (χ2v) is 13.5. The number of aromatic carboxylic acids is 1. The second kappa shape index (κ2) is 14.0. The standard InChI is InChI=1S/C36H32ClFN6O5S/c1-49-35(47)30-29(40-32(33-39-12-15-50-33)41-31(30)27-11-10-25(38)16-28(27)37)20-42-13-14-44-26(18-42)19-43(36(44)48)17-21-2-4-22(5-3-21)23-6-8-24(9-7-23)34(45)46/h2-12,15-16,26,31H,13-14,17-20H2,1H3,(H,40,41)(H,45,46)/t26-,31-/m0/s1. The molecular formula is C36H32ClFN6O5S. The van der Waals surface area contributed by atoms with E-state index in [9.17, 15) is 23.9 Å². The molecule has 0 radical (unpaired) electrons. The number of ether oxygens (including phenoxy) is 1. The first-order valence-electron chi connectivity index (χ1n) is 15.9. The lowest BCUT2D eigenvalue weighted by Crippen LogP contribution is -2.53. The van der Waals surface area contributed by atoms with E-state index >= 15 is 0 Å². The second-order valence-electron chi connectivity index (χ2n) is 12.2. The highest BCUT2D eigenvalue weighted by Crippen LogP contribution is 2.37. The third-order valence-electron chi connectivity index (χ3n) is 9.11. The van der Waals surface area contributed by atoms with Gasteiger partial charge in [-0.2, -0.15) is 0 Å². The number of amides is 2. The molecule has 1 aromatic heterocycles. The number of hydrogen-bond donors (Lipinski definition) is 2. The van der Waals surface area contributed by atoms with Crippen molar-refractivity contribution in [3.05, 3.63) is 122 Å². The van der Waals surface area contributed by atoms with Crippen LogP contribution in [0.5, 0.6) is 0 Å². The largest absolute Gasteiger partial charge is 0.478 e. The van der Waals surface area contributed by atoms with Crippen LogP contribution in [0.3, 0.4) is 0 Å². The van der Waals surface area contributed by atoms with Crippen molar-refractivity contribution < 1.29 is 28.6 Å². The Bertz CT molecular complexity index is 2000. The molecule has 4 heterocycles. The van der Waals surface area contributed by atoms with E-state index in [-0.39, 0.29) is 28.2 Å². The van der Waals surface area contributed by atoms with Gasteiger partial charge in [0, 0.05) is 67.1 Å². The van der Waals surface area contributed by atoms with E-state index in [1.165, 1.54) is 36.6 Å². The quantitative estimate of drug-likeness (QED) is 0.220. The Kier molecular flexibility index (Phi) is 9.36. The number of aromatic nitrogens is 1.